The highest BCUT2D eigenvalue weighted by Crippen LogP contribution is 2.25. The maximum Gasteiger partial charge on any atom is 0.335 e. The fourth-order valence-corrected chi connectivity index (χ4v) is 3.69. The van der Waals surface area contributed by atoms with Gasteiger partial charge < -0.3 is 10.4 Å². The normalized spacial score (nSPS) is 16.6. The van der Waals surface area contributed by atoms with Crippen molar-refractivity contribution < 1.29 is 9.90 Å². The number of aromatic carboxylic acids is 1. The molecule has 0 aliphatic carbocycles. The van der Waals surface area contributed by atoms with E-state index in [4.69, 9.17) is 16.7 Å². The molecule has 1 atom stereocenters. The average molecular weight is 417 g/mol. The highest BCUT2D eigenvalue weighted by atomic mass is 35.5. The van der Waals surface area contributed by atoms with Gasteiger partial charge in [-0.3, -0.25) is 10.4 Å². The molecule has 2 aromatic carbocycles. The number of anilines is 2. The molecule has 3 N–H and O–H groups in total. The number of carboxylic acids is 1. The van der Waals surface area contributed by atoms with Crippen molar-refractivity contribution in [1.29, 1.82) is 0 Å². The number of amidine groups is 1. The molecule has 0 aromatic heterocycles. The molecular weight excluding hydrogens is 396 g/mol. The number of aliphatic imine (C=N–C) groups is 1. The van der Waals surface area contributed by atoms with Crippen LogP contribution < -0.4 is 10.7 Å². The van der Waals surface area contributed by atoms with Crippen molar-refractivity contribution in [2.75, 3.05) is 17.3 Å². The highest BCUT2D eigenvalue weighted by Gasteiger charge is 2.17. The molecule has 0 unspecified atom stereocenters. The summed E-state index contributed by atoms with van der Waals surface area (Å²) in [5.41, 5.74) is 6.11. The number of carbonyl (C=O) groups is 1. The second-order valence-corrected chi connectivity index (χ2v) is 8.00. The molecule has 3 rings (SSSR count). The summed E-state index contributed by atoms with van der Waals surface area (Å²) in [6.07, 6.45) is 1.11. The Morgan fingerprint density at radius 1 is 1.29 bits per heavy atom. The molecular formula is C20H21ClN4O2S. The molecule has 0 spiro atoms. The van der Waals surface area contributed by atoms with Crippen molar-refractivity contribution in [1.82, 2.24) is 0 Å². The van der Waals surface area contributed by atoms with Crippen LogP contribution in [0.3, 0.4) is 0 Å². The van der Waals surface area contributed by atoms with Crippen molar-refractivity contribution >= 4 is 51.6 Å². The van der Waals surface area contributed by atoms with E-state index in [9.17, 15) is 4.79 Å². The monoisotopic (exact) mass is 416 g/mol. The minimum absolute atomic E-state index is 0.146. The second-order valence-electron chi connectivity index (χ2n) is 6.31. The van der Waals surface area contributed by atoms with Crippen LogP contribution in [0.1, 0.15) is 36.2 Å². The second kappa shape index (κ2) is 9.12. The lowest BCUT2D eigenvalue weighted by atomic mass is 10.1. The fraction of sp³-hybridized carbons (Fsp3) is 0.250. The number of halogens is 1. The minimum atomic E-state index is -1.02. The van der Waals surface area contributed by atoms with Gasteiger partial charge in [0.05, 0.1) is 28.5 Å². The molecule has 0 bridgehead atoms. The van der Waals surface area contributed by atoms with Gasteiger partial charge in [-0.1, -0.05) is 42.4 Å². The number of hydrogen-bond donors (Lipinski definition) is 3. The Morgan fingerprint density at radius 2 is 2.00 bits per heavy atom. The summed E-state index contributed by atoms with van der Waals surface area (Å²) in [6.45, 7) is 4.91. The first-order chi connectivity index (χ1) is 13.5. The van der Waals surface area contributed by atoms with Crippen LogP contribution in [0.4, 0.5) is 11.4 Å². The quantitative estimate of drug-likeness (QED) is 0.447. The van der Waals surface area contributed by atoms with E-state index in [1.807, 2.05) is 31.2 Å². The van der Waals surface area contributed by atoms with Gasteiger partial charge in [0.1, 0.15) is 0 Å². The summed E-state index contributed by atoms with van der Waals surface area (Å²) in [5.74, 6) is -1.02. The summed E-state index contributed by atoms with van der Waals surface area (Å²) in [4.78, 5) is 15.6. The smallest absolute Gasteiger partial charge is 0.335 e. The summed E-state index contributed by atoms with van der Waals surface area (Å²) >= 11 is 7.88. The number of benzene rings is 2. The van der Waals surface area contributed by atoms with Crippen molar-refractivity contribution in [3.8, 4) is 0 Å². The van der Waals surface area contributed by atoms with Gasteiger partial charge in [-0.05, 0) is 49.2 Å². The van der Waals surface area contributed by atoms with Crippen LogP contribution in [0, 0.1) is 0 Å². The Balaban J connectivity index is 1.65. The van der Waals surface area contributed by atoms with Gasteiger partial charge in [0.2, 0.25) is 0 Å². The van der Waals surface area contributed by atoms with E-state index >= 15 is 0 Å². The SMILES string of the molecule is CC[C@H]1CN=C(Nc2ccc(/C(C)=N\Nc3cc(C(=O)O)ccc3Cl)cc2)S1. The Kier molecular flexibility index (Phi) is 6.59. The number of hydrogen-bond acceptors (Lipinski definition) is 6. The Bertz CT molecular complexity index is 928. The average Bonchev–Trinajstić information content (AvgIpc) is 3.15. The van der Waals surface area contributed by atoms with Gasteiger partial charge in [-0.15, -0.1) is 0 Å². The molecule has 8 heteroatoms. The zero-order valence-electron chi connectivity index (χ0n) is 15.6. The molecule has 1 aliphatic heterocycles. The van der Waals surface area contributed by atoms with Crippen LogP contribution in [0.2, 0.25) is 5.02 Å². The number of carboxylic acid groups (broad SMARTS) is 1. The van der Waals surface area contributed by atoms with Gasteiger partial charge in [0.15, 0.2) is 5.17 Å². The third-order valence-corrected chi connectivity index (χ3v) is 5.88. The molecule has 0 amide bonds. The largest absolute Gasteiger partial charge is 0.478 e. The van der Waals surface area contributed by atoms with Crippen LogP contribution in [0.15, 0.2) is 52.6 Å². The lowest BCUT2D eigenvalue weighted by Crippen LogP contribution is -2.07. The molecule has 146 valence electrons. The molecule has 0 saturated carbocycles. The molecule has 0 saturated heterocycles. The van der Waals surface area contributed by atoms with E-state index in [1.165, 1.54) is 18.2 Å². The Morgan fingerprint density at radius 3 is 2.64 bits per heavy atom. The van der Waals surface area contributed by atoms with E-state index in [2.05, 4.69) is 27.8 Å². The number of thioether (sulfide) groups is 1. The summed E-state index contributed by atoms with van der Waals surface area (Å²) in [5, 5.41) is 18.7. The van der Waals surface area contributed by atoms with E-state index in [0.29, 0.717) is 16.0 Å². The van der Waals surface area contributed by atoms with Crippen molar-refractivity contribution in [3.63, 3.8) is 0 Å². The molecule has 1 heterocycles. The van der Waals surface area contributed by atoms with Crippen LogP contribution in [0.25, 0.3) is 0 Å². The van der Waals surface area contributed by atoms with E-state index in [1.54, 1.807) is 11.8 Å². The Labute approximate surface area is 173 Å². The van der Waals surface area contributed by atoms with Crippen LogP contribution in [0.5, 0.6) is 0 Å². The number of nitrogens with zero attached hydrogens (tertiary/aromatic N) is 2. The van der Waals surface area contributed by atoms with Crippen molar-refractivity contribution in [2.45, 2.75) is 25.5 Å². The highest BCUT2D eigenvalue weighted by molar-refractivity contribution is 8.15. The molecule has 2 aromatic rings. The molecule has 0 fully saturated rings. The predicted molar refractivity (Wildman–Crippen MR) is 118 cm³/mol. The fourth-order valence-electron chi connectivity index (χ4n) is 2.57. The first-order valence-corrected chi connectivity index (χ1v) is 10.1. The van der Waals surface area contributed by atoms with Gasteiger partial charge >= 0.3 is 5.97 Å². The van der Waals surface area contributed by atoms with Gasteiger partial charge in [0.25, 0.3) is 0 Å². The maximum atomic E-state index is 11.1. The summed E-state index contributed by atoms with van der Waals surface area (Å²) < 4.78 is 0. The third kappa shape index (κ3) is 5.05. The standard InChI is InChI=1S/C20H21ClN4O2S/c1-3-16-11-22-20(28-16)23-15-7-4-13(5-8-15)12(2)24-25-18-10-14(19(26)27)6-9-17(18)21/h4-10,16,25H,3,11H2,1-2H3,(H,22,23)(H,26,27)/b24-12-/t16-/m0/s1. The number of hydrazone groups is 1. The van der Waals surface area contributed by atoms with Gasteiger partial charge in [0, 0.05) is 10.9 Å². The van der Waals surface area contributed by atoms with Gasteiger partial charge in [-0.2, -0.15) is 5.10 Å². The number of rotatable bonds is 6. The Hall–Kier alpha value is -2.51. The molecule has 1 aliphatic rings. The van der Waals surface area contributed by atoms with Crippen molar-refractivity contribution in [2.24, 2.45) is 10.1 Å². The molecule has 28 heavy (non-hydrogen) atoms. The van der Waals surface area contributed by atoms with E-state index in [0.717, 1.165) is 35.1 Å². The maximum absolute atomic E-state index is 11.1. The first kappa shape index (κ1) is 20.2. The summed E-state index contributed by atoms with van der Waals surface area (Å²) in [6, 6.07) is 12.3. The molecule has 0 radical (unpaired) electrons. The lowest BCUT2D eigenvalue weighted by Gasteiger charge is -2.09. The zero-order valence-corrected chi connectivity index (χ0v) is 17.1. The van der Waals surface area contributed by atoms with E-state index < -0.39 is 5.97 Å². The number of nitrogens with one attached hydrogen (secondary N) is 2. The minimum Gasteiger partial charge on any atom is -0.478 e. The van der Waals surface area contributed by atoms with E-state index in [-0.39, 0.29) is 5.56 Å². The lowest BCUT2D eigenvalue weighted by molar-refractivity contribution is 0.0697. The topological polar surface area (TPSA) is 86.1 Å². The van der Waals surface area contributed by atoms with Crippen LogP contribution in [-0.2, 0) is 0 Å². The van der Waals surface area contributed by atoms with Crippen LogP contribution in [-0.4, -0.2) is 33.7 Å². The third-order valence-electron chi connectivity index (χ3n) is 4.28. The molecule has 6 nitrogen and oxygen atoms in total. The van der Waals surface area contributed by atoms with Gasteiger partial charge in [-0.25, -0.2) is 4.79 Å². The summed E-state index contributed by atoms with van der Waals surface area (Å²) in [7, 11) is 0. The predicted octanol–water partition coefficient (Wildman–Crippen LogP) is 5.17. The zero-order chi connectivity index (χ0) is 20.1. The van der Waals surface area contributed by atoms with Crippen molar-refractivity contribution in [3.05, 3.63) is 58.6 Å². The van der Waals surface area contributed by atoms with Crippen LogP contribution >= 0.6 is 23.4 Å². The first-order valence-electron chi connectivity index (χ1n) is 8.88.